The summed E-state index contributed by atoms with van der Waals surface area (Å²) in [5, 5.41) is 12.9. The Hall–Kier alpha value is -1.78. The number of carbonyl (C=O) groups is 1. The number of hydrogen-bond donors (Lipinski definition) is 2. The molecule has 0 aromatic heterocycles. The van der Waals surface area contributed by atoms with Crippen LogP contribution >= 0.6 is 23.2 Å². The highest BCUT2D eigenvalue weighted by molar-refractivity contribution is 6.31. The van der Waals surface area contributed by atoms with E-state index in [0.717, 1.165) is 6.07 Å². The predicted molar refractivity (Wildman–Crippen MR) is 81.5 cm³/mol. The zero-order valence-electron chi connectivity index (χ0n) is 11.0. The molecule has 0 saturated carbocycles. The first-order chi connectivity index (χ1) is 9.83. The molecule has 0 spiro atoms. The molecule has 0 saturated heterocycles. The van der Waals surface area contributed by atoms with Crippen molar-refractivity contribution < 1.29 is 14.3 Å². The standard InChI is InChI=1S/C15H12Cl2FNO2/c1-15(14(20)21,9-2-7-13(18)12(17)8-9)19-11-5-3-10(16)4-6-11/h2-8,19H,1H3,(H,20,21). The second-order valence-corrected chi connectivity index (χ2v) is 5.53. The smallest absolute Gasteiger partial charge is 0.333 e. The third-order valence-corrected chi connectivity index (χ3v) is 3.70. The van der Waals surface area contributed by atoms with Crippen molar-refractivity contribution in [3.63, 3.8) is 0 Å². The largest absolute Gasteiger partial charge is 0.479 e. The lowest BCUT2D eigenvalue weighted by molar-refractivity contribution is -0.142. The van der Waals surface area contributed by atoms with Gasteiger partial charge in [-0.3, -0.25) is 0 Å². The van der Waals surface area contributed by atoms with Crippen LogP contribution in [0.25, 0.3) is 0 Å². The van der Waals surface area contributed by atoms with E-state index in [2.05, 4.69) is 5.32 Å². The van der Waals surface area contributed by atoms with Gasteiger partial charge < -0.3 is 10.4 Å². The monoisotopic (exact) mass is 327 g/mol. The van der Waals surface area contributed by atoms with Gasteiger partial charge in [-0.2, -0.15) is 0 Å². The molecule has 0 aliphatic carbocycles. The summed E-state index contributed by atoms with van der Waals surface area (Å²) in [6, 6.07) is 10.4. The molecular formula is C15H12Cl2FNO2. The number of hydrogen-bond acceptors (Lipinski definition) is 2. The van der Waals surface area contributed by atoms with Gasteiger partial charge in [-0.25, -0.2) is 9.18 Å². The van der Waals surface area contributed by atoms with Crippen LogP contribution in [0.5, 0.6) is 0 Å². The molecule has 6 heteroatoms. The van der Waals surface area contributed by atoms with Crippen molar-refractivity contribution in [3.05, 3.63) is 63.9 Å². The maximum absolute atomic E-state index is 13.2. The maximum Gasteiger partial charge on any atom is 0.333 e. The topological polar surface area (TPSA) is 49.3 Å². The quantitative estimate of drug-likeness (QED) is 0.866. The van der Waals surface area contributed by atoms with Gasteiger partial charge in [0.1, 0.15) is 5.82 Å². The second-order valence-electron chi connectivity index (χ2n) is 4.69. The molecule has 0 heterocycles. The average molecular weight is 328 g/mol. The minimum atomic E-state index is -1.45. The maximum atomic E-state index is 13.2. The third-order valence-electron chi connectivity index (χ3n) is 3.16. The number of rotatable bonds is 4. The summed E-state index contributed by atoms with van der Waals surface area (Å²) in [5.41, 5.74) is -0.536. The van der Waals surface area contributed by atoms with E-state index in [1.807, 2.05) is 0 Å². The number of carboxylic acids is 1. The van der Waals surface area contributed by atoms with Gasteiger partial charge in [0.05, 0.1) is 5.02 Å². The molecule has 21 heavy (non-hydrogen) atoms. The molecule has 0 aliphatic heterocycles. The van der Waals surface area contributed by atoms with Gasteiger partial charge in [-0.15, -0.1) is 0 Å². The first kappa shape index (κ1) is 15.6. The fourth-order valence-corrected chi connectivity index (χ4v) is 2.18. The van der Waals surface area contributed by atoms with Crippen LogP contribution in [-0.4, -0.2) is 11.1 Å². The van der Waals surface area contributed by atoms with Gasteiger partial charge in [-0.1, -0.05) is 29.3 Å². The number of benzene rings is 2. The molecule has 0 amide bonds. The van der Waals surface area contributed by atoms with Gasteiger partial charge in [0, 0.05) is 10.7 Å². The molecule has 0 fully saturated rings. The zero-order chi connectivity index (χ0) is 15.6. The summed E-state index contributed by atoms with van der Waals surface area (Å²) in [4.78, 5) is 11.7. The van der Waals surface area contributed by atoms with Crippen molar-refractivity contribution in [3.8, 4) is 0 Å². The molecule has 3 nitrogen and oxygen atoms in total. The number of nitrogens with one attached hydrogen (secondary N) is 1. The molecule has 0 bridgehead atoms. The highest BCUT2D eigenvalue weighted by Gasteiger charge is 2.35. The lowest BCUT2D eigenvalue weighted by Gasteiger charge is -2.28. The Labute approximate surface area is 131 Å². The van der Waals surface area contributed by atoms with Gasteiger partial charge in [0.25, 0.3) is 0 Å². The van der Waals surface area contributed by atoms with Crippen molar-refractivity contribution in [2.45, 2.75) is 12.5 Å². The second kappa shape index (κ2) is 5.92. The van der Waals surface area contributed by atoms with E-state index in [9.17, 15) is 14.3 Å². The summed E-state index contributed by atoms with van der Waals surface area (Å²) in [6.07, 6.45) is 0. The lowest BCUT2D eigenvalue weighted by Crippen LogP contribution is -2.40. The lowest BCUT2D eigenvalue weighted by atomic mass is 9.91. The Balaban J connectivity index is 2.42. The number of halogens is 3. The van der Waals surface area contributed by atoms with Crippen molar-refractivity contribution in [1.82, 2.24) is 0 Å². The van der Waals surface area contributed by atoms with Gasteiger partial charge in [0.15, 0.2) is 5.54 Å². The molecule has 0 radical (unpaired) electrons. The van der Waals surface area contributed by atoms with E-state index in [1.54, 1.807) is 24.3 Å². The van der Waals surface area contributed by atoms with Gasteiger partial charge in [0.2, 0.25) is 0 Å². The van der Waals surface area contributed by atoms with Crippen LogP contribution < -0.4 is 5.32 Å². The van der Waals surface area contributed by atoms with Crippen molar-refractivity contribution in [1.29, 1.82) is 0 Å². The molecule has 2 aromatic rings. The SMILES string of the molecule is CC(Nc1ccc(Cl)cc1)(C(=O)O)c1ccc(F)c(Cl)c1. The fraction of sp³-hybridized carbons (Fsp3) is 0.133. The van der Waals surface area contributed by atoms with Crippen LogP contribution in [0, 0.1) is 5.82 Å². The summed E-state index contributed by atoms with van der Waals surface area (Å²) in [6.45, 7) is 1.48. The Morgan fingerprint density at radius 1 is 1.19 bits per heavy atom. The van der Waals surface area contributed by atoms with E-state index < -0.39 is 17.3 Å². The van der Waals surface area contributed by atoms with Crippen LogP contribution in [-0.2, 0) is 10.3 Å². The Morgan fingerprint density at radius 3 is 2.33 bits per heavy atom. The Kier molecular flexibility index (Phi) is 4.40. The average Bonchev–Trinajstić information content (AvgIpc) is 2.44. The van der Waals surface area contributed by atoms with Crippen LogP contribution in [0.2, 0.25) is 10.0 Å². The Bertz CT molecular complexity index is 676. The minimum Gasteiger partial charge on any atom is -0.479 e. The molecule has 2 rings (SSSR count). The molecule has 110 valence electrons. The van der Waals surface area contributed by atoms with Crippen LogP contribution in [0.3, 0.4) is 0 Å². The van der Waals surface area contributed by atoms with Crippen LogP contribution in [0.1, 0.15) is 12.5 Å². The highest BCUT2D eigenvalue weighted by atomic mass is 35.5. The van der Waals surface area contributed by atoms with Crippen molar-refractivity contribution >= 4 is 34.9 Å². The summed E-state index contributed by atoms with van der Waals surface area (Å²) >= 11 is 11.5. The van der Waals surface area contributed by atoms with Gasteiger partial charge in [-0.05, 0) is 48.9 Å². The minimum absolute atomic E-state index is 0.127. The number of aliphatic carboxylic acids is 1. The first-order valence-electron chi connectivity index (χ1n) is 6.05. The van der Waals surface area contributed by atoms with E-state index >= 15 is 0 Å². The molecule has 0 aliphatic rings. The third kappa shape index (κ3) is 3.28. The summed E-state index contributed by atoms with van der Waals surface area (Å²) < 4.78 is 13.2. The van der Waals surface area contributed by atoms with Crippen LogP contribution in [0.4, 0.5) is 10.1 Å². The highest BCUT2D eigenvalue weighted by Crippen LogP contribution is 2.30. The first-order valence-corrected chi connectivity index (χ1v) is 6.81. The molecule has 2 aromatic carbocycles. The van der Waals surface area contributed by atoms with Gasteiger partial charge >= 0.3 is 5.97 Å². The zero-order valence-corrected chi connectivity index (χ0v) is 12.5. The van der Waals surface area contributed by atoms with E-state index in [1.165, 1.54) is 19.1 Å². The summed E-state index contributed by atoms with van der Waals surface area (Å²) in [5.74, 6) is -1.71. The van der Waals surface area contributed by atoms with Crippen molar-refractivity contribution in [2.24, 2.45) is 0 Å². The molecule has 1 unspecified atom stereocenters. The van der Waals surface area contributed by atoms with E-state index in [0.29, 0.717) is 16.3 Å². The van der Waals surface area contributed by atoms with Crippen LogP contribution in [0.15, 0.2) is 42.5 Å². The molecule has 1 atom stereocenters. The number of anilines is 1. The fourth-order valence-electron chi connectivity index (χ4n) is 1.88. The summed E-state index contributed by atoms with van der Waals surface area (Å²) in [7, 11) is 0. The predicted octanol–water partition coefficient (Wildman–Crippen LogP) is 4.54. The number of carboxylic acid groups (broad SMARTS) is 1. The normalized spacial score (nSPS) is 13.5. The van der Waals surface area contributed by atoms with E-state index in [4.69, 9.17) is 23.2 Å². The van der Waals surface area contributed by atoms with E-state index in [-0.39, 0.29) is 5.02 Å². The molecule has 2 N–H and O–H groups in total. The Morgan fingerprint density at radius 2 is 1.81 bits per heavy atom. The van der Waals surface area contributed by atoms with Crippen molar-refractivity contribution in [2.75, 3.05) is 5.32 Å². The molecular weight excluding hydrogens is 316 g/mol.